The Morgan fingerprint density at radius 2 is 2.00 bits per heavy atom. The van der Waals surface area contributed by atoms with Crippen molar-refractivity contribution in [3.05, 3.63) is 69.5 Å². The Morgan fingerprint density at radius 1 is 1.21 bits per heavy atom. The Morgan fingerprint density at radius 3 is 2.72 bits per heavy atom. The number of aryl methyl sites for hydroxylation is 3. The van der Waals surface area contributed by atoms with E-state index in [0.717, 1.165) is 11.1 Å². The van der Waals surface area contributed by atoms with E-state index in [1.807, 2.05) is 39.0 Å². The minimum atomic E-state index is -0.395. The van der Waals surface area contributed by atoms with Crippen molar-refractivity contribution in [2.45, 2.75) is 33.7 Å². The predicted molar refractivity (Wildman–Crippen MR) is 115 cm³/mol. The molecule has 0 unspecified atom stereocenters. The Bertz CT molecular complexity index is 1320. The topological polar surface area (TPSA) is 64.0 Å². The molecule has 0 radical (unpaired) electrons. The smallest absolute Gasteiger partial charge is 0.272 e. The Labute approximate surface area is 170 Å². The van der Waals surface area contributed by atoms with Crippen LogP contribution in [-0.4, -0.2) is 15.5 Å². The molecule has 1 N–H and O–H groups in total. The summed E-state index contributed by atoms with van der Waals surface area (Å²) in [4.78, 5) is 30.3. The molecule has 0 fully saturated rings. The van der Waals surface area contributed by atoms with Gasteiger partial charge in [0.1, 0.15) is 22.9 Å². The van der Waals surface area contributed by atoms with Gasteiger partial charge in [-0.15, -0.1) is 11.3 Å². The molecule has 0 saturated heterocycles. The zero-order chi connectivity index (χ0) is 20.7. The monoisotopic (exact) mass is 409 g/mol. The van der Waals surface area contributed by atoms with Gasteiger partial charge in [-0.1, -0.05) is 19.1 Å². The van der Waals surface area contributed by atoms with Crippen LogP contribution in [0, 0.1) is 19.7 Å². The van der Waals surface area contributed by atoms with Gasteiger partial charge in [-0.2, -0.15) is 0 Å². The number of hydrogen-bond donors (Lipinski definition) is 1. The van der Waals surface area contributed by atoms with Crippen LogP contribution in [0.1, 0.15) is 23.9 Å². The van der Waals surface area contributed by atoms with Crippen molar-refractivity contribution in [3.8, 4) is 0 Å². The first kappa shape index (κ1) is 19.3. The summed E-state index contributed by atoms with van der Waals surface area (Å²) in [5.74, 6) is -0.243. The molecule has 0 spiro atoms. The lowest BCUT2D eigenvalue weighted by molar-refractivity contribution is -0.116. The predicted octanol–water partition coefficient (Wildman–Crippen LogP) is 4.57. The number of hydrogen-bond acceptors (Lipinski definition) is 4. The van der Waals surface area contributed by atoms with Gasteiger partial charge in [-0.05, 0) is 49.2 Å². The molecule has 0 atom stereocenters. The van der Waals surface area contributed by atoms with Crippen molar-refractivity contribution in [2.24, 2.45) is 0 Å². The van der Waals surface area contributed by atoms with E-state index in [1.165, 1.54) is 22.0 Å². The number of halogens is 1. The van der Waals surface area contributed by atoms with Gasteiger partial charge in [0.25, 0.3) is 5.56 Å². The molecular formula is C22H20FN3O2S. The number of carbonyl (C=O) groups is 1. The average molecular weight is 409 g/mol. The largest absolute Gasteiger partial charge is 0.325 e. The molecule has 1 amide bonds. The molecule has 0 bridgehead atoms. The summed E-state index contributed by atoms with van der Waals surface area (Å²) < 4.78 is 16.7. The van der Waals surface area contributed by atoms with E-state index in [9.17, 15) is 14.0 Å². The number of benzene rings is 2. The molecular weight excluding hydrogens is 389 g/mol. The van der Waals surface area contributed by atoms with Crippen molar-refractivity contribution in [3.63, 3.8) is 0 Å². The Kier molecular flexibility index (Phi) is 4.92. The number of carbonyl (C=O) groups excluding carboxylic acids is 1. The second-order valence-corrected chi connectivity index (χ2v) is 8.07. The fourth-order valence-corrected chi connectivity index (χ4v) is 4.47. The number of nitrogens with one attached hydrogen (secondary N) is 1. The summed E-state index contributed by atoms with van der Waals surface area (Å²) in [7, 11) is 0. The summed E-state index contributed by atoms with van der Waals surface area (Å²) in [5.41, 5.74) is 2.95. The highest BCUT2D eigenvalue weighted by Crippen LogP contribution is 2.32. The number of thiophene rings is 1. The fraction of sp³-hybridized carbons (Fsp3) is 0.227. The van der Waals surface area contributed by atoms with Gasteiger partial charge < -0.3 is 5.32 Å². The lowest BCUT2D eigenvalue weighted by Crippen LogP contribution is -2.30. The Balaban J connectivity index is 1.75. The average Bonchev–Trinajstić information content (AvgIpc) is 3.07. The van der Waals surface area contributed by atoms with Crippen LogP contribution < -0.4 is 10.9 Å². The maximum Gasteiger partial charge on any atom is 0.272 e. The van der Waals surface area contributed by atoms with E-state index in [0.29, 0.717) is 38.2 Å². The minimum absolute atomic E-state index is 0.144. The summed E-state index contributed by atoms with van der Waals surface area (Å²) in [6.07, 6.45) is 0.452. The molecule has 4 aromatic rings. The van der Waals surface area contributed by atoms with Crippen LogP contribution in [0.4, 0.5) is 10.1 Å². The molecule has 0 aliphatic rings. The molecule has 29 heavy (non-hydrogen) atoms. The second kappa shape index (κ2) is 7.40. The van der Waals surface area contributed by atoms with E-state index >= 15 is 0 Å². The zero-order valence-electron chi connectivity index (χ0n) is 16.4. The standard InChI is InChI=1S/C22H20FN3O2S/c1-4-17-25-20-19-15(23)6-5-7-16(19)29-21(20)22(28)26(17)11-18(27)24-14-9-8-12(2)13(3)10-14/h5-10H,4,11H2,1-3H3,(H,24,27). The molecule has 0 aliphatic carbocycles. The third kappa shape index (κ3) is 3.42. The van der Waals surface area contributed by atoms with Crippen LogP contribution >= 0.6 is 11.3 Å². The molecule has 5 nitrogen and oxygen atoms in total. The first-order chi connectivity index (χ1) is 13.9. The van der Waals surface area contributed by atoms with E-state index in [2.05, 4.69) is 10.3 Å². The van der Waals surface area contributed by atoms with Gasteiger partial charge in [0, 0.05) is 16.8 Å². The van der Waals surface area contributed by atoms with Crippen LogP contribution in [0.25, 0.3) is 20.3 Å². The van der Waals surface area contributed by atoms with Crippen molar-refractivity contribution in [1.29, 1.82) is 0 Å². The van der Waals surface area contributed by atoms with E-state index in [-0.39, 0.29) is 18.0 Å². The van der Waals surface area contributed by atoms with Gasteiger partial charge >= 0.3 is 0 Å². The number of amides is 1. The second-order valence-electron chi connectivity index (χ2n) is 7.01. The summed E-state index contributed by atoms with van der Waals surface area (Å²) in [5, 5.41) is 3.20. The van der Waals surface area contributed by atoms with Gasteiger partial charge in [-0.3, -0.25) is 14.2 Å². The highest BCUT2D eigenvalue weighted by molar-refractivity contribution is 7.25. The highest BCUT2D eigenvalue weighted by Gasteiger charge is 2.19. The fourth-order valence-electron chi connectivity index (χ4n) is 3.37. The van der Waals surface area contributed by atoms with Crippen LogP contribution in [0.2, 0.25) is 0 Å². The quantitative estimate of drug-likeness (QED) is 0.537. The summed E-state index contributed by atoms with van der Waals surface area (Å²) in [6, 6.07) is 10.4. The van der Waals surface area contributed by atoms with Crippen molar-refractivity contribution >= 4 is 43.2 Å². The molecule has 2 aromatic heterocycles. The molecule has 2 heterocycles. The molecule has 0 aliphatic heterocycles. The third-order valence-electron chi connectivity index (χ3n) is 5.04. The van der Waals surface area contributed by atoms with Crippen molar-refractivity contribution < 1.29 is 9.18 Å². The maximum atomic E-state index is 14.3. The number of fused-ring (bicyclic) bond motifs is 3. The van der Waals surface area contributed by atoms with Crippen molar-refractivity contribution in [2.75, 3.05) is 5.32 Å². The number of aromatic nitrogens is 2. The SMILES string of the molecule is CCc1nc2c(sc3cccc(F)c32)c(=O)n1CC(=O)Nc1ccc(C)c(C)c1. The summed E-state index contributed by atoms with van der Waals surface area (Å²) >= 11 is 1.20. The van der Waals surface area contributed by atoms with Gasteiger partial charge in [-0.25, -0.2) is 9.37 Å². The molecule has 2 aromatic carbocycles. The minimum Gasteiger partial charge on any atom is -0.325 e. The van der Waals surface area contributed by atoms with Gasteiger partial charge in [0.05, 0.1) is 10.9 Å². The lowest BCUT2D eigenvalue weighted by Gasteiger charge is -2.12. The molecule has 0 saturated carbocycles. The van der Waals surface area contributed by atoms with Crippen LogP contribution in [-0.2, 0) is 17.8 Å². The number of rotatable bonds is 4. The summed E-state index contributed by atoms with van der Waals surface area (Å²) in [6.45, 7) is 5.69. The number of anilines is 1. The van der Waals surface area contributed by atoms with Crippen LogP contribution in [0.5, 0.6) is 0 Å². The van der Waals surface area contributed by atoms with Crippen LogP contribution in [0.3, 0.4) is 0 Å². The molecule has 7 heteroatoms. The first-order valence-corrected chi connectivity index (χ1v) is 10.2. The molecule has 4 rings (SSSR count). The maximum absolute atomic E-state index is 14.3. The lowest BCUT2D eigenvalue weighted by atomic mass is 10.1. The van der Waals surface area contributed by atoms with Gasteiger partial charge in [0.2, 0.25) is 5.91 Å². The van der Waals surface area contributed by atoms with Gasteiger partial charge in [0.15, 0.2) is 0 Å². The Hall–Kier alpha value is -3.06. The van der Waals surface area contributed by atoms with Crippen LogP contribution in [0.15, 0.2) is 41.2 Å². The van der Waals surface area contributed by atoms with E-state index < -0.39 is 5.82 Å². The molecule has 148 valence electrons. The van der Waals surface area contributed by atoms with E-state index in [1.54, 1.807) is 12.1 Å². The zero-order valence-corrected chi connectivity index (χ0v) is 17.2. The van der Waals surface area contributed by atoms with Crippen molar-refractivity contribution in [1.82, 2.24) is 9.55 Å². The first-order valence-electron chi connectivity index (χ1n) is 9.36. The third-order valence-corrected chi connectivity index (χ3v) is 6.17. The highest BCUT2D eigenvalue weighted by atomic mass is 32.1. The number of nitrogens with zero attached hydrogens (tertiary/aromatic N) is 2. The van der Waals surface area contributed by atoms with E-state index in [4.69, 9.17) is 0 Å². The normalized spacial score (nSPS) is 11.3.